The van der Waals surface area contributed by atoms with E-state index in [-0.39, 0.29) is 5.91 Å². The first kappa shape index (κ1) is 17.9. The van der Waals surface area contributed by atoms with Crippen LogP contribution in [0.1, 0.15) is 34.0 Å². The predicted octanol–water partition coefficient (Wildman–Crippen LogP) is 1.80. The van der Waals surface area contributed by atoms with Crippen LogP contribution in [0.3, 0.4) is 0 Å². The minimum Gasteiger partial charge on any atom is -0.385 e. The SMILES string of the molecule is COCCCn1cnnc1CNC(=O)c1ccc2nc(C)c(C)nc2c1. The number of benzene rings is 1. The zero-order valence-electron chi connectivity index (χ0n) is 15.2. The lowest BCUT2D eigenvalue weighted by Gasteiger charge is -2.08. The van der Waals surface area contributed by atoms with Gasteiger partial charge in [0.2, 0.25) is 0 Å². The number of aryl methyl sites for hydroxylation is 3. The molecule has 0 aliphatic rings. The number of fused-ring (bicyclic) bond motifs is 1. The van der Waals surface area contributed by atoms with Gasteiger partial charge < -0.3 is 14.6 Å². The topological polar surface area (TPSA) is 94.8 Å². The number of ether oxygens (including phenoxy) is 1. The summed E-state index contributed by atoms with van der Waals surface area (Å²) < 4.78 is 6.97. The lowest BCUT2D eigenvalue weighted by molar-refractivity contribution is 0.0949. The van der Waals surface area contributed by atoms with Gasteiger partial charge in [-0.05, 0) is 38.5 Å². The fourth-order valence-corrected chi connectivity index (χ4v) is 2.62. The molecule has 0 atom stereocenters. The van der Waals surface area contributed by atoms with E-state index >= 15 is 0 Å². The number of methoxy groups -OCH3 is 1. The van der Waals surface area contributed by atoms with Gasteiger partial charge in [-0.1, -0.05) is 0 Å². The third-order valence-corrected chi connectivity index (χ3v) is 4.19. The average Bonchev–Trinajstić information content (AvgIpc) is 3.08. The highest BCUT2D eigenvalue weighted by Crippen LogP contribution is 2.14. The molecule has 8 nitrogen and oxygen atoms in total. The van der Waals surface area contributed by atoms with Crippen molar-refractivity contribution in [3.8, 4) is 0 Å². The van der Waals surface area contributed by atoms with Gasteiger partial charge in [0.15, 0.2) is 5.82 Å². The molecule has 0 fully saturated rings. The molecule has 8 heteroatoms. The number of amides is 1. The quantitative estimate of drug-likeness (QED) is 0.650. The third kappa shape index (κ3) is 4.02. The first-order valence-electron chi connectivity index (χ1n) is 8.47. The van der Waals surface area contributed by atoms with E-state index in [2.05, 4.69) is 25.5 Å². The van der Waals surface area contributed by atoms with Gasteiger partial charge >= 0.3 is 0 Å². The maximum atomic E-state index is 12.5. The molecule has 0 aliphatic heterocycles. The van der Waals surface area contributed by atoms with Crippen LogP contribution >= 0.6 is 0 Å². The molecule has 1 amide bonds. The van der Waals surface area contributed by atoms with E-state index in [4.69, 9.17) is 4.74 Å². The Hall–Kier alpha value is -2.87. The summed E-state index contributed by atoms with van der Waals surface area (Å²) in [4.78, 5) is 21.5. The normalized spacial score (nSPS) is 11.0. The van der Waals surface area contributed by atoms with Gasteiger partial charge in [-0.25, -0.2) is 9.97 Å². The molecule has 3 aromatic rings. The van der Waals surface area contributed by atoms with E-state index in [0.717, 1.165) is 29.9 Å². The Labute approximate surface area is 151 Å². The molecular formula is C18H22N6O2. The van der Waals surface area contributed by atoms with Crippen molar-refractivity contribution in [1.29, 1.82) is 0 Å². The Bertz CT molecular complexity index is 921. The second-order valence-corrected chi connectivity index (χ2v) is 6.07. The molecule has 0 saturated carbocycles. The first-order valence-corrected chi connectivity index (χ1v) is 8.47. The maximum Gasteiger partial charge on any atom is 0.251 e. The molecule has 0 radical (unpaired) electrons. The van der Waals surface area contributed by atoms with Crippen molar-refractivity contribution in [3.05, 3.63) is 47.3 Å². The Morgan fingerprint density at radius 3 is 2.73 bits per heavy atom. The molecule has 0 bridgehead atoms. The van der Waals surface area contributed by atoms with Gasteiger partial charge in [-0.3, -0.25) is 4.79 Å². The third-order valence-electron chi connectivity index (χ3n) is 4.19. The van der Waals surface area contributed by atoms with Crippen LogP contribution in [0.5, 0.6) is 0 Å². The van der Waals surface area contributed by atoms with Crippen molar-refractivity contribution < 1.29 is 9.53 Å². The van der Waals surface area contributed by atoms with E-state index < -0.39 is 0 Å². The van der Waals surface area contributed by atoms with Gasteiger partial charge in [0.25, 0.3) is 5.91 Å². The highest BCUT2D eigenvalue weighted by Gasteiger charge is 2.11. The van der Waals surface area contributed by atoms with E-state index in [1.165, 1.54) is 0 Å². The molecular weight excluding hydrogens is 332 g/mol. The minimum absolute atomic E-state index is 0.182. The number of carbonyl (C=O) groups is 1. The molecule has 0 unspecified atom stereocenters. The summed E-state index contributed by atoms with van der Waals surface area (Å²) in [6, 6.07) is 5.33. The monoisotopic (exact) mass is 354 g/mol. The van der Waals surface area contributed by atoms with Gasteiger partial charge in [-0.15, -0.1) is 10.2 Å². The summed E-state index contributed by atoms with van der Waals surface area (Å²) in [5.74, 6) is 0.528. The van der Waals surface area contributed by atoms with Crippen molar-refractivity contribution in [2.24, 2.45) is 0 Å². The largest absolute Gasteiger partial charge is 0.385 e. The lowest BCUT2D eigenvalue weighted by atomic mass is 10.1. The highest BCUT2D eigenvalue weighted by atomic mass is 16.5. The van der Waals surface area contributed by atoms with Crippen LogP contribution in [0.2, 0.25) is 0 Å². The smallest absolute Gasteiger partial charge is 0.251 e. The first-order chi connectivity index (χ1) is 12.6. The number of hydrogen-bond acceptors (Lipinski definition) is 6. The predicted molar refractivity (Wildman–Crippen MR) is 96.7 cm³/mol. The van der Waals surface area contributed by atoms with Crippen LogP contribution in [0.4, 0.5) is 0 Å². The zero-order chi connectivity index (χ0) is 18.5. The van der Waals surface area contributed by atoms with Crippen LogP contribution in [0.15, 0.2) is 24.5 Å². The second-order valence-electron chi connectivity index (χ2n) is 6.07. The molecule has 3 rings (SSSR count). The molecule has 136 valence electrons. The Kier molecular flexibility index (Phi) is 5.52. The molecule has 2 aromatic heterocycles. The zero-order valence-corrected chi connectivity index (χ0v) is 15.2. The standard InChI is InChI=1S/C18H22N6O2/c1-12-13(2)22-16-9-14(5-6-15(16)21-12)18(25)19-10-17-23-20-11-24(17)7-4-8-26-3/h5-6,9,11H,4,7-8,10H2,1-3H3,(H,19,25). The number of nitrogens with zero attached hydrogens (tertiary/aromatic N) is 5. The van der Waals surface area contributed by atoms with Crippen molar-refractivity contribution in [2.75, 3.05) is 13.7 Å². The second kappa shape index (κ2) is 8.01. The van der Waals surface area contributed by atoms with Crippen LogP contribution in [-0.2, 0) is 17.8 Å². The summed E-state index contributed by atoms with van der Waals surface area (Å²) in [5.41, 5.74) is 3.79. The fraction of sp³-hybridized carbons (Fsp3) is 0.389. The summed E-state index contributed by atoms with van der Waals surface area (Å²) in [7, 11) is 1.67. The molecule has 26 heavy (non-hydrogen) atoms. The van der Waals surface area contributed by atoms with Crippen molar-refractivity contribution in [2.45, 2.75) is 33.4 Å². The number of hydrogen-bond donors (Lipinski definition) is 1. The molecule has 0 saturated heterocycles. The highest BCUT2D eigenvalue weighted by molar-refractivity contribution is 5.97. The Balaban J connectivity index is 1.68. The average molecular weight is 354 g/mol. The number of rotatable bonds is 7. The van der Waals surface area contributed by atoms with E-state index in [9.17, 15) is 4.79 Å². The van der Waals surface area contributed by atoms with E-state index in [1.54, 1.807) is 25.6 Å². The van der Waals surface area contributed by atoms with Crippen molar-refractivity contribution >= 4 is 16.9 Å². The number of nitrogens with one attached hydrogen (secondary N) is 1. The molecule has 1 N–H and O–H groups in total. The van der Waals surface area contributed by atoms with Crippen LogP contribution < -0.4 is 5.32 Å². The molecule has 0 spiro atoms. The number of carbonyl (C=O) groups excluding carboxylic acids is 1. The summed E-state index contributed by atoms with van der Waals surface area (Å²) in [6.07, 6.45) is 2.52. The van der Waals surface area contributed by atoms with Gasteiger partial charge in [-0.2, -0.15) is 0 Å². The van der Waals surface area contributed by atoms with Crippen molar-refractivity contribution in [1.82, 2.24) is 30.0 Å². The Morgan fingerprint density at radius 2 is 1.96 bits per heavy atom. The molecule has 1 aromatic carbocycles. The van der Waals surface area contributed by atoms with Gasteiger partial charge in [0, 0.05) is 25.8 Å². The van der Waals surface area contributed by atoms with E-state index in [0.29, 0.717) is 30.1 Å². The minimum atomic E-state index is -0.182. The lowest BCUT2D eigenvalue weighted by Crippen LogP contribution is -2.25. The summed E-state index contributed by atoms with van der Waals surface area (Å²) in [6.45, 7) is 5.55. The van der Waals surface area contributed by atoms with Gasteiger partial charge in [0.1, 0.15) is 6.33 Å². The molecule has 2 heterocycles. The maximum absolute atomic E-state index is 12.5. The van der Waals surface area contributed by atoms with Gasteiger partial charge in [0.05, 0.1) is 29.0 Å². The van der Waals surface area contributed by atoms with Crippen LogP contribution in [0.25, 0.3) is 11.0 Å². The fourth-order valence-electron chi connectivity index (χ4n) is 2.62. The van der Waals surface area contributed by atoms with Crippen LogP contribution in [-0.4, -0.2) is 44.4 Å². The van der Waals surface area contributed by atoms with E-state index in [1.807, 2.05) is 24.5 Å². The number of aromatic nitrogens is 5. The molecule has 0 aliphatic carbocycles. The summed E-state index contributed by atoms with van der Waals surface area (Å²) in [5, 5.41) is 10.9. The van der Waals surface area contributed by atoms with Crippen LogP contribution in [0, 0.1) is 13.8 Å². The Morgan fingerprint density at radius 1 is 1.19 bits per heavy atom. The summed E-state index contributed by atoms with van der Waals surface area (Å²) >= 11 is 0. The van der Waals surface area contributed by atoms with Crippen molar-refractivity contribution in [3.63, 3.8) is 0 Å².